The molecular formula is C57H118IN. The van der Waals surface area contributed by atoms with Crippen molar-refractivity contribution in [3.05, 3.63) is 0 Å². The second-order valence-corrected chi connectivity index (χ2v) is 20.1. The lowest BCUT2D eigenvalue weighted by Crippen LogP contribution is -3.00. The number of rotatable bonds is 53. The van der Waals surface area contributed by atoms with E-state index in [0.29, 0.717) is 0 Å². The van der Waals surface area contributed by atoms with Gasteiger partial charge in [0, 0.05) is 0 Å². The first-order valence-electron chi connectivity index (χ1n) is 28.6. The molecule has 0 fully saturated rings. The summed E-state index contributed by atoms with van der Waals surface area (Å²) in [5.74, 6) is 0. The van der Waals surface area contributed by atoms with Crippen LogP contribution in [0, 0.1) is 0 Å². The first-order chi connectivity index (χ1) is 28.7. The van der Waals surface area contributed by atoms with Gasteiger partial charge in [0.2, 0.25) is 0 Å². The fourth-order valence-electron chi connectivity index (χ4n) is 10.1. The van der Waals surface area contributed by atoms with Crippen molar-refractivity contribution >= 4 is 0 Å². The molecule has 0 aromatic heterocycles. The summed E-state index contributed by atoms with van der Waals surface area (Å²) in [5, 5.41) is 0. The Labute approximate surface area is 394 Å². The van der Waals surface area contributed by atoms with Crippen molar-refractivity contribution in [2.45, 2.75) is 342 Å². The largest absolute Gasteiger partial charge is 1.00 e. The Morgan fingerprint density at radius 3 is 0.424 bits per heavy atom. The Bertz CT molecular complexity index is 618. The Balaban J connectivity index is 0. The van der Waals surface area contributed by atoms with Crippen molar-refractivity contribution in [2.24, 2.45) is 0 Å². The van der Waals surface area contributed by atoms with Crippen LogP contribution in [0.3, 0.4) is 0 Å². The highest BCUT2D eigenvalue weighted by Crippen LogP contribution is 2.21. The minimum Gasteiger partial charge on any atom is -1.00 e. The molecule has 1 nitrogen and oxygen atoms in total. The molecule has 0 heterocycles. The van der Waals surface area contributed by atoms with Crippen molar-refractivity contribution in [3.8, 4) is 0 Å². The van der Waals surface area contributed by atoms with E-state index in [-0.39, 0.29) is 24.0 Å². The third-order valence-electron chi connectivity index (χ3n) is 14.2. The normalized spacial score (nSPS) is 11.8. The number of hydrogen-bond acceptors (Lipinski definition) is 0. The molecule has 0 rings (SSSR count). The average Bonchev–Trinajstić information content (AvgIpc) is 3.23. The predicted octanol–water partition coefficient (Wildman–Crippen LogP) is 18.0. The lowest BCUT2D eigenvalue weighted by molar-refractivity contribution is -0.929. The Kier molecular flexibility index (Phi) is 57.4. The monoisotopic (exact) mass is 944 g/mol. The van der Waals surface area contributed by atoms with E-state index in [1.54, 1.807) is 0 Å². The van der Waals surface area contributed by atoms with Crippen molar-refractivity contribution < 1.29 is 28.5 Å². The van der Waals surface area contributed by atoms with Crippen LogP contribution in [0.15, 0.2) is 0 Å². The SMILES string of the molecule is CCCCCCCCCCCCCCCCCC[N+](CCC)(CCCCCCCCCCCCCCCCCC)CCCCCCCCCCCCCCCCCC.[I-]. The zero-order valence-corrected chi connectivity index (χ0v) is 44.5. The van der Waals surface area contributed by atoms with Crippen LogP contribution in [0.4, 0.5) is 0 Å². The Hall–Kier alpha value is 0.690. The summed E-state index contributed by atoms with van der Waals surface area (Å²) >= 11 is 0. The maximum Gasteiger partial charge on any atom is 0.0786 e. The first kappa shape index (κ1) is 61.8. The maximum atomic E-state index is 2.47. The van der Waals surface area contributed by atoms with Gasteiger partial charge in [-0.15, -0.1) is 0 Å². The van der Waals surface area contributed by atoms with Gasteiger partial charge in [0.15, 0.2) is 0 Å². The molecule has 0 saturated carbocycles. The van der Waals surface area contributed by atoms with Gasteiger partial charge in [-0.2, -0.15) is 0 Å². The van der Waals surface area contributed by atoms with E-state index in [1.165, 1.54) is 345 Å². The highest BCUT2D eigenvalue weighted by molar-refractivity contribution is 4.56. The van der Waals surface area contributed by atoms with E-state index in [2.05, 4.69) is 27.7 Å². The predicted molar refractivity (Wildman–Crippen MR) is 269 cm³/mol. The molecule has 0 aliphatic rings. The van der Waals surface area contributed by atoms with E-state index in [9.17, 15) is 0 Å². The average molecular weight is 944 g/mol. The molecule has 0 aromatic rings. The van der Waals surface area contributed by atoms with E-state index in [4.69, 9.17) is 0 Å². The smallest absolute Gasteiger partial charge is 0.0786 e. The summed E-state index contributed by atoms with van der Waals surface area (Å²) in [7, 11) is 0. The second kappa shape index (κ2) is 54.8. The number of halogens is 1. The van der Waals surface area contributed by atoms with Gasteiger partial charge in [0.25, 0.3) is 0 Å². The van der Waals surface area contributed by atoms with Gasteiger partial charge in [-0.3, -0.25) is 0 Å². The summed E-state index contributed by atoms with van der Waals surface area (Å²) < 4.78 is 1.46. The molecule has 59 heavy (non-hydrogen) atoms. The summed E-state index contributed by atoms with van der Waals surface area (Å²) in [5.41, 5.74) is 0. The fraction of sp³-hybridized carbons (Fsp3) is 1.00. The molecule has 0 bridgehead atoms. The quantitative estimate of drug-likeness (QED) is 0.0324. The molecule has 0 unspecified atom stereocenters. The number of hydrogen-bond donors (Lipinski definition) is 0. The molecule has 358 valence electrons. The van der Waals surface area contributed by atoms with Crippen LogP contribution in [0.2, 0.25) is 0 Å². The van der Waals surface area contributed by atoms with Crippen molar-refractivity contribution in [3.63, 3.8) is 0 Å². The highest BCUT2D eigenvalue weighted by atomic mass is 127. The fourth-order valence-corrected chi connectivity index (χ4v) is 10.1. The van der Waals surface area contributed by atoms with Crippen LogP contribution < -0.4 is 24.0 Å². The Morgan fingerprint density at radius 2 is 0.288 bits per heavy atom. The van der Waals surface area contributed by atoms with E-state index >= 15 is 0 Å². The van der Waals surface area contributed by atoms with E-state index in [0.717, 1.165) is 0 Å². The van der Waals surface area contributed by atoms with Gasteiger partial charge in [-0.25, -0.2) is 0 Å². The minimum atomic E-state index is 0. The molecule has 0 amide bonds. The highest BCUT2D eigenvalue weighted by Gasteiger charge is 2.25. The summed E-state index contributed by atoms with van der Waals surface area (Å²) in [6.07, 6.45) is 72.2. The van der Waals surface area contributed by atoms with Crippen LogP contribution in [0.5, 0.6) is 0 Å². The van der Waals surface area contributed by atoms with Gasteiger partial charge < -0.3 is 28.5 Å². The van der Waals surface area contributed by atoms with E-state index < -0.39 is 0 Å². The van der Waals surface area contributed by atoms with Crippen LogP contribution in [-0.2, 0) is 0 Å². The molecule has 0 saturated heterocycles. The van der Waals surface area contributed by atoms with Gasteiger partial charge >= 0.3 is 0 Å². The van der Waals surface area contributed by atoms with Crippen LogP contribution in [-0.4, -0.2) is 30.7 Å². The van der Waals surface area contributed by atoms with Crippen LogP contribution in [0.1, 0.15) is 342 Å². The van der Waals surface area contributed by atoms with Crippen molar-refractivity contribution in [1.29, 1.82) is 0 Å². The van der Waals surface area contributed by atoms with Crippen LogP contribution >= 0.6 is 0 Å². The molecule has 0 aliphatic carbocycles. The van der Waals surface area contributed by atoms with Gasteiger partial charge in [0.05, 0.1) is 26.2 Å². The molecule has 0 aliphatic heterocycles. The molecule has 0 radical (unpaired) electrons. The zero-order chi connectivity index (χ0) is 42.0. The number of quaternary nitrogens is 1. The van der Waals surface area contributed by atoms with Gasteiger partial charge in [-0.1, -0.05) is 297 Å². The minimum absolute atomic E-state index is 0. The lowest BCUT2D eigenvalue weighted by Gasteiger charge is -2.39. The number of nitrogens with zero attached hydrogens (tertiary/aromatic N) is 1. The summed E-state index contributed by atoms with van der Waals surface area (Å²) in [6.45, 7) is 15.3. The van der Waals surface area contributed by atoms with Gasteiger partial charge in [-0.05, 0) is 44.9 Å². The zero-order valence-electron chi connectivity index (χ0n) is 42.3. The standard InChI is InChI=1S/C57H118N.HI/c1-5-9-12-15-18-21-24-27-30-33-36-39-42-45-48-51-55-58(54-8-4,56-52-49-46-43-40-37-34-31-28-25-22-19-16-13-10-6-2)57-53-50-47-44-41-38-35-32-29-26-23-20-17-14-11-7-3;/h5-57H2,1-4H3;1H/q+1;/p-1. The lowest BCUT2D eigenvalue weighted by atomic mass is 10.0. The van der Waals surface area contributed by atoms with Gasteiger partial charge in [0.1, 0.15) is 0 Å². The molecular weight excluding hydrogens is 826 g/mol. The molecule has 0 spiro atoms. The first-order valence-corrected chi connectivity index (χ1v) is 28.6. The summed E-state index contributed by atoms with van der Waals surface area (Å²) in [4.78, 5) is 0. The van der Waals surface area contributed by atoms with Crippen LogP contribution in [0.25, 0.3) is 0 Å². The molecule has 0 N–H and O–H groups in total. The third-order valence-corrected chi connectivity index (χ3v) is 14.2. The third kappa shape index (κ3) is 49.6. The van der Waals surface area contributed by atoms with Crippen molar-refractivity contribution in [1.82, 2.24) is 0 Å². The topological polar surface area (TPSA) is 0 Å². The summed E-state index contributed by atoms with van der Waals surface area (Å²) in [6, 6.07) is 0. The Morgan fingerprint density at radius 1 is 0.153 bits per heavy atom. The number of unbranched alkanes of at least 4 members (excludes halogenated alkanes) is 45. The second-order valence-electron chi connectivity index (χ2n) is 20.1. The molecule has 0 aromatic carbocycles. The molecule has 0 atom stereocenters. The van der Waals surface area contributed by atoms with E-state index in [1.807, 2.05) is 0 Å². The maximum absolute atomic E-state index is 2.47. The van der Waals surface area contributed by atoms with Crippen molar-refractivity contribution in [2.75, 3.05) is 26.2 Å². The molecule has 2 heteroatoms.